The lowest BCUT2D eigenvalue weighted by molar-refractivity contribution is -0.127. The lowest BCUT2D eigenvalue weighted by Gasteiger charge is -2.44. The number of aromatic amines is 1. The van der Waals surface area contributed by atoms with Crippen molar-refractivity contribution in [2.24, 2.45) is 0 Å². The number of morpholine rings is 1. The number of aromatic nitrogens is 3. The fourth-order valence-corrected chi connectivity index (χ4v) is 5.64. The van der Waals surface area contributed by atoms with Gasteiger partial charge < -0.3 is 15.0 Å². The molecule has 1 aliphatic heterocycles. The Morgan fingerprint density at radius 3 is 2.33 bits per heavy atom. The maximum atomic E-state index is 6.71. The van der Waals surface area contributed by atoms with E-state index in [1.165, 1.54) is 22.3 Å². The van der Waals surface area contributed by atoms with Gasteiger partial charge in [-0.05, 0) is 75.6 Å². The maximum Gasteiger partial charge on any atom is 0.127 e. The van der Waals surface area contributed by atoms with Crippen LogP contribution in [0.1, 0.15) is 48.0 Å². The molecule has 2 aromatic carbocycles. The molecule has 1 aliphatic rings. The third-order valence-electron chi connectivity index (χ3n) is 7.14. The topological polar surface area (TPSA) is 62.8 Å². The molecule has 186 valence electrons. The molecular weight excluding hydrogens is 468 g/mol. The molecule has 1 saturated heterocycles. The van der Waals surface area contributed by atoms with Crippen LogP contribution in [0.25, 0.3) is 22.5 Å². The minimum absolute atomic E-state index is 0.0997. The van der Waals surface area contributed by atoms with Gasteiger partial charge in [0.2, 0.25) is 0 Å². The van der Waals surface area contributed by atoms with E-state index < -0.39 is 5.60 Å². The van der Waals surface area contributed by atoms with Gasteiger partial charge >= 0.3 is 0 Å². The van der Waals surface area contributed by atoms with Crippen molar-refractivity contribution < 1.29 is 4.74 Å². The van der Waals surface area contributed by atoms with E-state index in [9.17, 15) is 0 Å². The van der Waals surface area contributed by atoms with Gasteiger partial charge in [0.25, 0.3) is 0 Å². The highest BCUT2D eigenvalue weighted by Gasteiger charge is 2.43. The molecule has 0 saturated carbocycles. The predicted octanol–water partition coefficient (Wildman–Crippen LogP) is 6.77. The van der Waals surface area contributed by atoms with E-state index in [2.05, 4.69) is 62.0 Å². The predicted molar refractivity (Wildman–Crippen MR) is 146 cm³/mol. The van der Waals surface area contributed by atoms with Crippen molar-refractivity contribution in [2.45, 2.75) is 58.8 Å². The van der Waals surface area contributed by atoms with Crippen LogP contribution in [0, 0.1) is 20.8 Å². The van der Waals surface area contributed by atoms with Gasteiger partial charge in [-0.25, -0.2) is 4.98 Å². The largest absolute Gasteiger partial charge is 0.369 e. The molecule has 5 rings (SSSR count). The molecule has 0 radical (unpaired) electrons. The number of halogens is 1. The molecule has 2 N–H and O–H groups in total. The lowest BCUT2D eigenvalue weighted by Crippen LogP contribution is -2.55. The first kappa shape index (κ1) is 24.7. The van der Waals surface area contributed by atoms with Crippen molar-refractivity contribution in [1.29, 1.82) is 0 Å². The summed E-state index contributed by atoms with van der Waals surface area (Å²) in [5.41, 5.74) is 8.61. The zero-order valence-electron chi connectivity index (χ0n) is 21.5. The van der Waals surface area contributed by atoms with Crippen molar-refractivity contribution >= 4 is 11.6 Å². The molecule has 1 fully saturated rings. The standard InChI is InChI=1S/C30H33ClN4O/c1-18-14-19(2)25(20(3)15-18)16-30(5)28(33-17-21(4)36-30)29-34-26(22-6-8-24(31)9-7-22)27(35-29)23-10-12-32-13-11-23/h6-15,21,28,33H,16-17H2,1-5H3,(H,34,35). The number of nitrogens with one attached hydrogen (secondary N) is 2. The number of rotatable bonds is 5. The third-order valence-corrected chi connectivity index (χ3v) is 7.39. The molecule has 3 unspecified atom stereocenters. The van der Waals surface area contributed by atoms with Crippen LogP contribution in [-0.4, -0.2) is 33.2 Å². The Morgan fingerprint density at radius 1 is 1.00 bits per heavy atom. The smallest absolute Gasteiger partial charge is 0.127 e. The fourth-order valence-electron chi connectivity index (χ4n) is 5.51. The quantitative estimate of drug-likeness (QED) is 0.317. The molecule has 0 aliphatic carbocycles. The molecule has 4 aromatic rings. The Hall–Kier alpha value is -2.99. The van der Waals surface area contributed by atoms with Gasteiger partial charge in [-0.3, -0.25) is 4.98 Å². The third kappa shape index (κ3) is 4.83. The number of benzene rings is 2. The normalized spacial score (nSPS) is 22.1. The minimum Gasteiger partial charge on any atom is -0.369 e. The van der Waals surface area contributed by atoms with E-state index in [-0.39, 0.29) is 12.1 Å². The van der Waals surface area contributed by atoms with Crippen LogP contribution < -0.4 is 5.32 Å². The molecule has 0 bridgehead atoms. The van der Waals surface area contributed by atoms with Crippen molar-refractivity contribution in [3.8, 4) is 22.5 Å². The maximum absolute atomic E-state index is 6.71. The Kier molecular flexibility index (Phi) is 6.73. The van der Waals surface area contributed by atoms with Crippen LogP contribution in [0.4, 0.5) is 0 Å². The lowest BCUT2D eigenvalue weighted by atomic mass is 9.83. The second kappa shape index (κ2) is 9.81. The summed E-state index contributed by atoms with van der Waals surface area (Å²) in [7, 11) is 0. The summed E-state index contributed by atoms with van der Waals surface area (Å²) < 4.78 is 6.71. The summed E-state index contributed by atoms with van der Waals surface area (Å²) in [5, 5.41) is 4.45. The zero-order valence-corrected chi connectivity index (χ0v) is 22.3. The summed E-state index contributed by atoms with van der Waals surface area (Å²) in [6, 6.07) is 16.2. The molecule has 0 amide bonds. The van der Waals surface area contributed by atoms with Gasteiger partial charge in [-0.2, -0.15) is 0 Å². The summed E-state index contributed by atoms with van der Waals surface area (Å²) in [5.74, 6) is 0.864. The number of hydrogen-bond acceptors (Lipinski definition) is 4. The van der Waals surface area contributed by atoms with Gasteiger partial charge in [-0.1, -0.05) is 41.4 Å². The molecule has 2 aromatic heterocycles. The highest BCUT2D eigenvalue weighted by atomic mass is 35.5. The second-order valence-electron chi connectivity index (χ2n) is 10.2. The Labute approximate surface area is 218 Å². The second-order valence-corrected chi connectivity index (χ2v) is 10.7. The molecule has 0 spiro atoms. The van der Waals surface area contributed by atoms with Crippen LogP contribution in [-0.2, 0) is 11.2 Å². The van der Waals surface area contributed by atoms with Crippen LogP contribution in [0.5, 0.6) is 0 Å². The van der Waals surface area contributed by atoms with E-state index >= 15 is 0 Å². The summed E-state index contributed by atoms with van der Waals surface area (Å²) in [6.07, 6.45) is 4.48. The first-order chi connectivity index (χ1) is 17.2. The number of ether oxygens (including phenoxy) is 1. The van der Waals surface area contributed by atoms with Crippen molar-refractivity contribution in [3.05, 3.63) is 94.0 Å². The highest BCUT2D eigenvalue weighted by molar-refractivity contribution is 6.30. The van der Waals surface area contributed by atoms with Gasteiger partial charge in [0.1, 0.15) is 5.82 Å². The van der Waals surface area contributed by atoms with Crippen LogP contribution in [0.2, 0.25) is 5.02 Å². The molecule has 36 heavy (non-hydrogen) atoms. The Morgan fingerprint density at radius 2 is 1.67 bits per heavy atom. The monoisotopic (exact) mass is 500 g/mol. The number of imidazole rings is 1. The summed E-state index contributed by atoms with van der Waals surface area (Å²) in [6.45, 7) is 11.6. The molecule has 6 heteroatoms. The van der Waals surface area contributed by atoms with Crippen LogP contribution in [0.3, 0.4) is 0 Å². The fraction of sp³-hybridized carbons (Fsp3) is 0.333. The number of H-pyrrole nitrogens is 1. The summed E-state index contributed by atoms with van der Waals surface area (Å²) in [4.78, 5) is 13.0. The zero-order chi connectivity index (χ0) is 25.4. The molecule has 5 nitrogen and oxygen atoms in total. The molecular formula is C30H33ClN4O. The van der Waals surface area contributed by atoms with Gasteiger partial charge in [0, 0.05) is 41.5 Å². The Bertz CT molecular complexity index is 1340. The van der Waals surface area contributed by atoms with Crippen molar-refractivity contribution in [2.75, 3.05) is 6.54 Å². The van der Waals surface area contributed by atoms with Gasteiger partial charge in [0.15, 0.2) is 0 Å². The average molecular weight is 501 g/mol. The van der Waals surface area contributed by atoms with Crippen LogP contribution >= 0.6 is 11.6 Å². The average Bonchev–Trinajstić information content (AvgIpc) is 3.27. The van der Waals surface area contributed by atoms with Crippen LogP contribution in [0.15, 0.2) is 60.9 Å². The summed E-state index contributed by atoms with van der Waals surface area (Å²) >= 11 is 6.19. The molecule has 3 heterocycles. The van der Waals surface area contributed by atoms with E-state index in [4.69, 9.17) is 21.3 Å². The van der Waals surface area contributed by atoms with Gasteiger partial charge in [0.05, 0.1) is 29.1 Å². The van der Waals surface area contributed by atoms with Gasteiger partial charge in [-0.15, -0.1) is 0 Å². The van der Waals surface area contributed by atoms with E-state index in [0.29, 0.717) is 5.02 Å². The minimum atomic E-state index is -0.493. The van der Waals surface area contributed by atoms with E-state index in [1.807, 2.05) is 36.4 Å². The SMILES string of the molecule is Cc1cc(C)c(CC2(C)OC(C)CNC2c2nc(-c3ccncc3)c(-c3ccc(Cl)cc3)[nH]2)c(C)c1. The Balaban J connectivity index is 1.60. The number of hydrogen-bond donors (Lipinski definition) is 2. The molecule has 3 atom stereocenters. The number of pyridine rings is 1. The first-order valence-corrected chi connectivity index (χ1v) is 12.9. The van der Waals surface area contributed by atoms with E-state index in [1.54, 1.807) is 12.4 Å². The van der Waals surface area contributed by atoms with E-state index in [0.717, 1.165) is 41.3 Å². The first-order valence-electron chi connectivity index (χ1n) is 12.5. The van der Waals surface area contributed by atoms with Crippen molar-refractivity contribution in [3.63, 3.8) is 0 Å². The van der Waals surface area contributed by atoms with Crippen molar-refractivity contribution in [1.82, 2.24) is 20.3 Å². The highest BCUT2D eigenvalue weighted by Crippen LogP contribution is 2.40. The number of nitrogens with zero attached hydrogens (tertiary/aromatic N) is 2. The number of aryl methyl sites for hydroxylation is 3.